The van der Waals surface area contributed by atoms with E-state index in [0.717, 1.165) is 32.3 Å². The molecule has 19 heavy (non-hydrogen) atoms. The molecule has 1 aliphatic heterocycles. The van der Waals surface area contributed by atoms with E-state index in [-0.39, 0.29) is 17.9 Å². The highest BCUT2D eigenvalue weighted by Crippen LogP contribution is 2.43. The number of carboxylic acids is 1. The van der Waals surface area contributed by atoms with Gasteiger partial charge in [-0.15, -0.1) is 0 Å². The van der Waals surface area contributed by atoms with Crippen molar-refractivity contribution in [2.45, 2.75) is 32.1 Å². The monoisotopic (exact) mass is 270 g/mol. The van der Waals surface area contributed by atoms with Crippen LogP contribution in [0.5, 0.6) is 0 Å². The lowest BCUT2D eigenvalue weighted by atomic mass is 9.66. The molecular weight excluding hydrogens is 248 g/mol. The van der Waals surface area contributed by atoms with Crippen molar-refractivity contribution in [1.82, 2.24) is 10.6 Å². The SMILES string of the molecule is O=C(O)CC1(CNC(=O)NCC2CCOC2)CCC1. The maximum absolute atomic E-state index is 11.7. The molecule has 6 nitrogen and oxygen atoms in total. The van der Waals surface area contributed by atoms with Crippen LogP contribution in [0, 0.1) is 11.3 Å². The van der Waals surface area contributed by atoms with E-state index in [0.29, 0.717) is 25.6 Å². The second-order valence-corrected chi connectivity index (χ2v) is 5.72. The highest BCUT2D eigenvalue weighted by Gasteiger charge is 2.39. The standard InChI is InChI=1S/C13H22N2O4/c16-11(17)6-13(3-1-4-13)9-15-12(18)14-7-10-2-5-19-8-10/h10H,1-9H2,(H,16,17)(H2,14,15,18). The molecule has 0 bridgehead atoms. The normalized spacial score (nSPS) is 24.5. The molecule has 0 aromatic carbocycles. The average Bonchev–Trinajstić information content (AvgIpc) is 2.82. The van der Waals surface area contributed by atoms with Gasteiger partial charge in [0, 0.05) is 25.6 Å². The van der Waals surface area contributed by atoms with Crippen LogP contribution in [0.1, 0.15) is 32.1 Å². The third-order valence-corrected chi connectivity index (χ3v) is 4.14. The van der Waals surface area contributed by atoms with Crippen LogP contribution in [0.15, 0.2) is 0 Å². The molecule has 0 aromatic heterocycles. The summed E-state index contributed by atoms with van der Waals surface area (Å²) >= 11 is 0. The average molecular weight is 270 g/mol. The van der Waals surface area contributed by atoms with Gasteiger partial charge in [0.15, 0.2) is 0 Å². The van der Waals surface area contributed by atoms with Crippen LogP contribution in [0.2, 0.25) is 0 Å². The number of carboxylic acid groups (broad SMARTS) is 1. The number of carbonyl (C=O) groups excluding carboxylic acids is 1. The first kappa shape index (κ1) is 14.1. The van der Waals surface area contributed by atoms with Crippen LogP contribution in [-0.4, -0.2) is 43.4 Å². The Hall–Kier alpha value is -1.30. The summed E-state index contributed by atoms with van der Waals surface area (Å²) < 4.78 is 5.24. The topological polar surface area (TPSA) is 87.7 Å². The minimum Gasteiger partial charge on any atom is -0.481 e. The Kier molecular flexibility index (Phi) is 4.63. The molecule has 108 valence electrons. The molecule has 1 saturated heterocycles. The van der Waals surface area contributed by atoms with Gasteiger partial charge in [-0.05, 0) is 24.7 Å². The van der Waals surface area contributed by atoms with Crippen LogP contribution in [0.4, 0.5) is 4.79 Å². The van der Waals surface area contributed by atoms with Gasteiger partial charge in [0.25, 0.3) is 0 Å². The van der Waals surface area contributed by atoms with E-state index in [9.17, 15) is 9.59 Å². The van der Waals surface area contributed by atoms with Crippen molar-refractivity contribution in [2.24, 2.45) is 11.3 Å². The number of amides is 2. The number of rotatable bonds is 6. The van der Waals surface area contributed by atoms with E-state index in [2.05, 4.69) is 10.6 Å². The zero-order valence-electron chi connectivity index (χ0n) is 11.1. The molecule has 1 saturated carbocycles. The number of carbonyl (C=O) groups is 2. The molecule has 2 fully saturated rings. The summed E-state index contributed by atoms with van der Waals surface area (Å²) in [6.45, 7) is 2.56. The first-order valence-corrected chi connectivity index (χ1v) is 6.91. The summed E-state index contributed by atoms with van der Waals surface area (Å²) in [7, 11) is 0. The maximum Gasteiger partial charge on any atom is 0.314 e. The van der Waals surface area contributed by atoms with Crippen molar-refractivity contribution in [3.63, 3.8) is 0 Å². The second-order valence-electron chi connectivity index (χ2n) is 5.72. The maximum atomic E-state index is 11.7. The zero-order chi connectivity index (χ0) is 13.7. The highest BCUT2D eigenvalue weighted by atomic mass is 16.5. The molecule has 0 radical (unpaired) electrons. The lowest BCUT2D eigenvalue weighted by Gasteiger charge is -2.40. The number of aliphatic carboxylic acids is 1. The quantitative estimate of drug-likeness (QED) is 0.671. The smallest absolute Gasteiger partial charge is 0.314 e. The zero-order valence-corrected chi connectivity index (χ0v) is 11.1. The fraction of sp³-hybridized carbons (Fsp3) is 0.846. The molecule has 0 aromatic rings. The van der Waals surface area contributed by atoms with Crippen molar-refractivity contribution < 1.29 is 19.4 Å². The van der Waals surface area contributed by atoms with E-state index in [1.807, 2.05) is 0 Å². The molecule has 1 heterocycles. The number of nitrogens with one attached hydrogen (secondary N) is 2. The van der Waals surface area contributed by atoms with Gasteiger partial charge in [0.2, 0.25) is 0 Å². The first-order valence-electron chi connectivity index (χ1n) is 6.91. The summed E-state index contributed by atoms with van der Waals surface area (Å²) in [5.74, 6) is -0.382. The van der Waals surface area contributed by atoms with Gasteiger partial charge in [-0.1, -0.05) is 6.42 Å². The second kappa shape index (κ2) is 6.23. The predicted molar refractivity (Wildman–Crippen MR) is 68.9 cm³/mol. The van der Waals surface area contributed by atoms with E-state index < -0.39 is 5.97 Å². The summed E-state index contributed by atoms with van der Waals surface area (Å²) in [5, 5.41) is 14.5. The molecule has 2 amide bonds. The molecule has 2 rings (SSSR count). The van der Waals surface area contributed by atoms with Gasteiger partial charge in [0.05, 0.1) is 13.0 Å². The van der Waals surface area contributed by atoms with Crippen LogP contribution >= 0.6 is 0 Å². The Morgan fingerprint density at radius 2 is 2.11 bits per heavy atom. The number of hydrogen-bond acceptors (Lipinski definition) is 3. The summed E-state index contributed by atoms with van der Waals surface area (Å²) in [6.07, 6.45) is 3.95. The molecule has 1 unspecified atom stereocenters. The Bertz CT molecular complexity index is 336. The van der Waals surface area contributed by atoms with Crippen LogP contribution in [0.25, 0.3) is 0 Å². The third kappa shape index (κ3) is 4.09. The Balaban J connectivity index is 1.65. The van der Waals surface area contributed by atoms with Gasteiger partial charge in [0.1, 0.15) is 0 Å². The highest BCUT2D eigenvalue weighted by molar-refractivity contribution is 5.74. The first-order chi connectivity index (χ1) is 9.10. The van der Waals surface area contributed by atoms with Crippen LogP contribution < -0.4 is 10.6 Å². The Morgan fingerprint density at radius 1 is 1.32 bits per heavy atom. The van der Waals surface area contributed by atoms with Gasteiger partial charge in [-0.25, -0.2) is 4.79 Å². The largest absolute Gasteiger partial charge is 0.481 e. The lowest BCUT2D eigenvalue weighted by Crippen LogP contribution is -2.47. The van der Waals surface area contributed by atoms with Crippen molar-refractivity contribution in [3.8, 4) is 0 Å². The molecular formula is C13H22N2O4. The number of ether oxygens (including phenoxy) is 1. The lowest BCUT2D eigenvalue weighted by molar-refractivity contribution is -0.141. The van der Waals surface area contributed by atoms with Crippen LogP contribution in [-0.2, 0) is 9.53 Å². The third-order valence-electron chi connectivity index (χ3n) is 4.14. The van der Waals surface area contributed by atoms with Crippen molar-refractivity contribution in [1.29, 1.82) is 0 Å². The van der Waals surface area contributed by atoms with Crippen LogP contribution in [0.3, 0.4) is 0 Å². The molecule has 1 aliphatic carbocycles. The number of hydrogen-bond donors (Lipinski definition) is 3. The fourth-order valence-corrected chi connectivity index (χ4v) is 2.73. The number of urea groups is 1. The van der Waals surface area contributed by atoms with Gasteiger partial charge >= 0.3 is 12.0 Å². The molecule has 2 aliphatic rings. The molecule has 3 N–H and O–H groups in total. The summed E-state index contributed by atoms with van der Waals surface area (Å²) in [6, 6.07) is -0.205. The van der Waals surface area contributed by atoms with Gasteiger partial charge in [-0.2, -0.15) is 0 Å². The Labute approximate surface area is 112 Å². The van der Waals surface area contributed by atoms with Gasteiger partial charge < -0.3 is 20.5 Å². The molecule has 0 spiro atoms. The van der Waals surface area contributed by atoms with E-state index in [1.165, 1.54) is 0 Å². The fourth-order valence-electron chi connectivity index (χ4n) is 2.73. The van der Waals surface area contributed by atoms with E-state index >= 15 is 0 Å². The Morgan fingerprint density at radius 3 is 2.63 bits per heavy atom. The van der Waals surface area contributed by atoms with Crippen molar-refractivity contribution in [2.75, 3.05) is 26.3 Å². The van der Waals surface area contributed by atoms with E-state index in [1.54, 1.807) is 0 Å². The van der Waals surface area contributed by atoms with E-state index in [4.69, 9.17) is 9.84 Å². The van der Waals surface area contributed by atoms with Crippen molar-refractivity contribution in [3.05, 3.63) is 0 Å². The molecule has 1 atom stereocenters. The molecule has 6 heteroatoms. The summed E-state index contributed by atoms with van der Waals surface area (Å²) in [5.41, 5.74) is -0.223. The van der Waals surface area contributed by atoms with Crippen molar-refractivity contribution >= 4 is 12.0 Å². The minimum atomic E-state index is -0.787. The van der Waals surface area contributed by atoms with Gasteiger partial charge in [-0.3, -0.25) is 4.79 Å². The minimum absolute atomic E-state index is 0.143. The summed E-state index contributed by atoms with van der Waals surface area (Å²) in [4.78, 5) is 22.5. The predicted octanol–water partition coefficient (Wildman–Crippen LogP) is 0.967.